The molecule has 2 aromatic rings. The van der Waals surface area contributed by atoms with Gasteiger partial charge >= 0.3 is 12.1 Å². The minimum absolute atomic E-state index is 0.0171. The van der Waals surface area contributed by atoms with Crippen LogP contribution in [0.25, 0.3) is 5.57 Å². The highest BCUT2D eigenvalue weighted by molar-refractivity contribution is 6.32. The van der Waals surface area contributed by atoms with Gasteiger partial charge in [-0.05, 0) is 18.6 Å². The molecule has 0 spiro atoms. The van der Waals surface area contributed by atoms with Gasteiger partial charge in [-0.1, -0.05) is 41.9 Å². The number of rotatable bonds is 5. The maximum Gasteiger partial charge on any atom is 0.417 e. The van der Waals surface area contributed by atoms with Gasteiger partial charge in [0.2, 0.25) is 0 Å². The fourth-order valence-electron chi connectivity index (χ4n) is 2.19. The van der Waals surface area contributed by atoms with Crippen LogP contribution in [-0.4, -0.2) is 18.8 Å². The molecule has 8 heteroatoms. The Kier molecular flexibility index (Phi) is 6.48. The third kappa shape index (κ3) is 5.25. The van der Waals surface area contributed by atoms with Gasteiger partial charge in [0.15, 0.2) is 11.5 Å². The second kappa shape index (κ2) is 8.60. The van der Waals surface area contributed by atoms with E-state index in [2.05, 4.69) is 0 Å². The SMILES string of the molecule is CCOc1cc(C#N)cc(Cl)c1OC(=O)/C=C(/c1ccccc1)C(F)(F)F. The zero-order valence-electron chi connectivity index (χ0n) is 14.0. The Morgan fingerprint density at radius 2 is 1.93 bits per heavy atom. The van der Waals surface area contributed by atoms with Crippen molar-refractivity contribution in [2.75, 3.05) is 6.61 Å². The Balaban J connectivity index is 2.41. The van der Waals surface area contributed by atoms with Crippen LogP contribution in [0, 0.1) is 11.3 Å². The minimum Gasteiger partial charge on any atom is -0.490 e. The van der Waals surface area contributed by atoms with Crippen molar-refractivity contribution < 1.29 is 27.4 Å². The number of carbonyl (C=O) groups excluding carboxylic acids is 1. The van der Waals surface area contributed by atoms with E-state index in [4.69, 9.17) is 26.3 Å². The zero-order valence-corrected chi connectivity index (χ0v) is 14.8. The number of ether oxygens (including phenoxy) is 2. The Morgan fingerprint density at radius 1 is 1.26 bits per heavy atom. The molecule has 27 heavy (non-hydrogen) atoms. The molecule has 0 aliphatic heterocycles. The molecule has 2 aromatic carbocycles. The van der Waals surface area contributed by atoms with Crippen LogP contribution in [0.15, 0.2) is 48.5 Å². The summed E-state index contributed by atoms with van der Waals surface area (Å²) in [6.07, 6.45) is -4.42. The molecule has 0 atom stereocenters. The first-order chi connectivity index (χ1) is 12.8. The highest BCUT2D eigenvalue weighted by Crippen LogP contribution is 2.38. The Hall–Kier alpha value is -2.98. The van der Waals surface area contributed by atoms with E-state index in [-0.39, 0.29) is 34.3 Å². The monoisotopic (exact) mass is 395 g/mol. The van der Waals surface area contributed by atoms with Gasteiger partial charge in [-0.3, -0.25) is 0 Å². The Bertz CT molecular complexity index is 903. The fraction of sp³-hybridized carbons (Fsp3) is 0.158. The lowest BCUT2D eigenvalue weighted by atomic mass is 10.1. The van der Waals surface area contributed by atoms with Gasteiger partial charge < -0.3 is 9.47 Å². The molecule has 0 N–H and O–H groups in total. The molecule has 0 aliphatic carbocycles. The van der Waals surface area contributed by atoms with Crippen LogP contribution < -0.4 is 9.47 Å². The quantitative estimate of drug-likeness (QED) is 0.398. The summed E-state index contributed by atoms with van der Waals surface area (Å²) in [5.41, 5.74) is -1.19. The van der Waals surface area contributed by atoms with E-state index in [0.29, 0.717) is 6.08 Å². The summed E-state index contributed by atoms with van der Waals surface area (Å²) in [5, 5.41) is 8.82. The molecule has 0 saturated carbocycles. The maximum absolute atomic E-state index is 13.3. The summed E-state index contributed by atoms with van der Waals surface area (Å²) >= 11 is 5.99. The molecule has 0 bridgehead atoms. The van der Waals surface area contributed by atoms with Crippen LogP contribution >= 0.6 is 11.6 Å². The number of allylic oxidation sites excluding steroid dienone is 1. The summed E-state index contributed by atoms with van der Waals surface area (Å²) in [5.74, 6) is -1.55. The molecule has 0 unspecified atom stereocenters. The fourth-order valence-corrected chi connectivity index (χ4v) is 2.44. The first-order valence-corrected chi connectivity index (χ1v) is 8.06. The van der Waals surface area contributed by atoms with E-state index in [9.17, 15) is 18.0 Å². The van der Waals surface area contributed by atoms with Crippen molar-refractivity contribution in [3.63, 3.8) is 0 Å². The van der Waals surface area contributed by atoms with Gasteiger partial charge in [0.25, 0.3) is 0 Å². The zero-order chi connectivity index (χ0) is 20.0. The summed E-state index contributed by atoms with van der Waals surface area (Å²) < 4.78 is 50.2. The second-order valence-corrected chi connectivity index (χ2v) is 5.58. The number of hydrogen-bond acceptors (Lipinski definition) is 4. The second-order valence-electron chi connectivity index (χ2n) is 5.17. The van der Waals surface area contributed by atoms with Crippen LogP contribution in [-0.2, 0) is 4.79 Å². The molecule has 0 radical (unpaired) electrons. The van der Waals surface area contributed by atoms with Crippen LogP contribution in [0.4, 0.5) is 13.2 Å². The van der Waals surface area contributed by atoms with E-state index < -0.39 is 17.7 Å². The van der Waals surface area contributed by atoms with Gasteiger partial charge in [-0.25, -0.2) is 4.79 Å². The molecular weight excluding hydrogens is 383 g/mol. The number of halogens is 4. The van der Waals surface area contributed by atoms with Crippen molar-refractivity contribution in [3.05, 3.63) is 64.7 Å². The number of hydrogen-bond donors (Lipinski definition) is 0. The van der Waals surface area contributed by atoms with E-state index in [1.807, 2.05) is 6.07 Å². The van der Waals surface area contributed by atoms with Crippen LogP contribution in [0.2, 0.25) is 5.02 Å². The predicted molar refractivity (Wildman–Crippen MR) is 93.4 cm³/mol. The first kappa shape index (κ1) is 20.3. The van der Waals surface area contributed by atoms with Crippen LogP contribution in [0.3, 0.4) is 0 Å². The summed E-state index contributed by atoms with van der Waals surface area (Å²) in [7, 11) is 0. The molecule has 0 saturated heterocycles. The number of benzene rings is 2. The predicted octanol–water partition coefficient (Wildman–Crippen LogP) is 5.16. The van der Waals surface area contributed by atoms with Crippen LogP contribution in [0.5, 0.6) is 11.5 Å². The summed E-state index contributed by atoms with van der Waals surface area (Å²) in [6.45, 7) is 1.82. The summed E-state index contributed by atoms with van der Waals surface area (Å²) in [6, 6.07) is 11.2. The lowest BCUT2D eigenvalue weighted by molar-refractivity contribution is -0.129. The van der Waals surface area contributed by atoms with Gasteiger partial charge in [-0.2, -0.15) is 18.4 Å². The minimum atomic E-state index is -4.77. The Labute approximate surface area is 158 Å². The number of esters is 1. The molecule has 0 heterocycles. The third-order valence-corrected chi connectivity index (χ3v) is 3.57. The average Bonchev–Trinajstić information content (AvgIpc) is 2.62. The normalized spacial score (nSPS) is 11.6. The molecule has 0 amide bonds. The highest BCUT2D eigenvalue weighted by atomic mass is 35.5. The molecular formula is C19H13ClF3NO3. The number of alkyl halides is 3. The van der Waals surface area contributed by atoms with Gasteiger partial charge in [0.05, 0.1) is 28.8 Å². The largest absolute Gasteiger partial charge is 0.490 e. The van der Waals surface area contributed by atoms with Crippen molar-refractivity contribution >= 4 is 23.1 Å². The molecule has 2 rings (SSSR count). The molecule has 0 aromatic heterocycles. The molecule has 4 nitrogen and oxygen atoms in total. The highest BCUT2D eigenvalue weighted by Gasteiger charge is 2.35. The van der Waals surface area contributed by atoms with Crippen molar-refractivity contribution in [1.29, 1.82) is 5.26 Å². The van der Waals surface area contributed by atoms with Crippen molar-refractivity contribution in [1.82, 2.24) is 0 Å². The topological polar surface area (TPSA) is 59.3 Å². The van der Waals surface area contributed by atoms with Crippen molar-refractivity contribution in [3.8, 4) is 17.6 Å². The maximum atomic E-state index is 13.3. The smallest absolute Gasteiger partial charge is 0.417 e. The van der Waals surface area contributed by atoms with E-state index in [1.54, 1.807) is 13.0 Å². The van der Waals surface area contributed by atoms with Crippen molar-refractivity contribution in [2.24, 2.45) is 0 Å². The average molecular weight is 396 g/mol. The summed E-state index contributed by atoms with van der Waals surface area (Å²) in [4.78, 5) is 12.1. The van der Waals surface area contributed by atoms with Gasteiger partial charge in [-0.15, -0.1) is 0 Å². The number of nitriles is 1. The van der Waals surface area contributed by atoms with Crippen molar-refractivity contribution in [2.45, 2.75) is 13.1 Å². The van der Waals surface area contributed by atoms with E-state index >= 15 is 0 Å². The number of nitrogens with zero attached hydrogens (tertiary/aromatic N) is 1. The first-order valence-electron chi connectivity index (χ1n) is 7.68. The molecule has 140 valence electrons. The van der Waals surface area contributed by atoms with E-state index in [1.165, 1.54) is 36.4 Å². The third-order valence-electron chi connectivity index (χ3n) is 3.29. The van der Waals surface area contributed by atoms with E-state index in [0.717, 1.165) is 0 Å². The molecule has 0 aliphatic rings. The number of carbonyl (C=O) groups is 1. The lowest BCUT2D eigenvalue weighted by Gasteiger charge is -2.14. The molecule has 0 fully saturated rings. The lowest BCUT2D eigenvalue weighted by Crippen LogP contribution is -2.15. The Morgan fingerprint density at radius 3 is 2.48 bits per heavy atom. The van der Waals surface area contributed by atoms with Crippen LogP contribution in [0.1, 0.15) is 18.1 Å². The standard InChI is InChI=1S/C19H13ClF3NO3/c1-2-26-16-9-12(11-24)8-15(20)18(16)27-17(25)10-14(19(21,22)23)13-6-4-3-5-7-13/h3-10H,2H2,1H3/b14-10-. The van der Waals surface area contributed by atoms with Gasteiger partial charge in [0.1, 0.15) is 0 Å². The van der Waals surface area contributed by atoms with Gasteiger partial charge in [0, 0.05) is 12.1 Å².